The number of hydrogen-bond donors (Lipinski definition) is 0. The molecule has 2 heteroatoms. The highest BCUT2D eigenvalue weighted by Gasteiger charge is 2.03. The van der Waals surface area contributed by atoms with Crippen LogP contribution in [-0.2, 0) is 0 Å². The van der Waals surface area contributed by atoms with E-state index in [9.17, 15) is 0 Å². The summed E-state index contributed by atoms with van der Waals surface area (Å²) in [4.78, 5) is 2.38. The van der Waals surface area contributed by atoms with Gasteiger partial charge >= 0.3 is 0 Å². The highest BCUT2D eigenvalue weighted by Crippen LogP contribution is 2.06. The Morgan fingerprint density at radius 3 is 2.55 bits per heavy atom. The quantitative estimate of drug-likeness (QED) is 0.624. The lowest BCUT2D eigenvalue weighted by molar-refractivity contribution is 0.292. The summed E-state index contributed by atoms with van der Waals surface area (Å²) in [5.41, 5.74) is 0. The summed E-state index contributed by atoms with van der Waals surface area (Å²) >= 11 is 3.44. The largest absolute Gasteiger partial charge is 0.305 e. The Morgan fingerprint density at radius 2 is 2.09 bits per heavy atom. The van der Waals surface area contributed by atoms with Crippen molar-refractivity contribution in [3.63, 3.8) is 0 Å². The maximum Gasteiger partial charge on any atom is 0.0159 e. The molecule has 11 heavy (non-hydrogen) atoms. The summed E-state index contributed by atoms with van der Waals surface area (Å²) in [6, 6.07) is 0. The fourth-order valence-electron chi connectivity index (χ4n) is 1.35. The molecule has 0 aliphatic heterocycles. The van der Waals surface area contributed by atoms with Crippen molar-refractivity contribution >= 4 is 15.9 Å². The molecule has 0 amide bonds. The maximum absolute atomic E-state index is 3.44. The van der Waals surface area contributed by atoms with Crippen LogP contribution < -0.4 is 0 Å². The summed E-state index contributed by atoms with van der Waals surface area (Å²) in [7, 11) is 2.19. The first-order valence-corrected chi connectivity index (χ1v) is 5.57. The topological polar surface area (TPSA) is 3.24 Å². The molecule has 0 bridgehead atoms. The Bertz CT molecular complexity index is 75.6. The molecule has 0 saturated carbocycles. The first-order chi connectivity index (χ1) is 5.20. The second-order valence-electron chi connectivity index (χ2n) is 3.35. The average molecular weight is 222 g/mol. The van der Waals surface area contributed by atoms with E-state index in [1.807, 2.05) is 0 Å². The fourth-order valence-corrected chi connectivity index (χ4v) is 1.96. The molecule has 0 aromatic heterocycles. The van der Waals surface area contributed by atoms with Gasteiger partial charge in [0.25, 0.3) is 0 Å². The predicted octanol–water partition coefficient (Wildman–Crippen LogP) is 2.75. The van der Waals surface area contributed by atoms with Crippen LogP contribution in [0.15, 0.2) is 0 Å². The van der Waals surface area contributed by atoms with Gasteiger partial charge < -0.3 is 4.90 Å². The van der Waals surface area contributed by atoms with Crippen LogP contribution in [0.5, 0.6) is 0 Å². The van der Waals surface area contributed by atoms with Gasteiger partial charge in [0.1, 0.15) is 0 Å². The number of rotatable bonds is 6. The molecule has 1 unspecified atom stereocenters. The van der Waals surface area contributed by atoms with Crippen molar-refractivity contribution in [2.24, 2.45) is 5.92 Å². The average Bonchev–Trinajstić information content (AvgIpc) is 1.87. The Kier molecular flexibility index (Phi) is 7.39. The number of halogens is 1. The minimum absolute atomic E-state index is 0.851. The van der Waals surface area contributed by atoms with E-state index in [1.165, 1.54) is 19.4 Å². The Labute approximate surface area is 79.3 Å². The van der Waals surface area contributed by atoms with Crippen molar-refractivity contribution in [1.29, 1.82) is 0 Å². The minimum Gasteiger partial charge on any atom is -0.305 e. The summed E-state index contributed by atoms with van der Waals surface area (Å²) in [5.74, 6) is 0.851. The summed E-state index contributed by atoms with van der Waals surface area (Å²) < 4.78 is 0. The van der Waals surface area contributed by atoms with Crippen LogP contribution in [0.2, 0.25) is 0 Å². The lowest BCUT2D eigenvalue weighted by atomic mass is 10.1. The van der Waals surface area contributed by atoms with Crippen LogP contribution in [0.25, 0.3) is 0 Å². The Balaban J connectivity index is 3.32. The van der Waals surface area contributed by atoms with E-state index in [2.05, 4.69) is 41.7 Å². The fraction of sp³-hybridized carbons (Fsp3) is 1.00. The molecule has 1 nitrogen and oxygen atoms in total. The molecular weight excluding hydrogens is 202 g/mol. The zero-order valence-electron chi connectivity index (χ0n) is 7.94. The van der Waals surface area contributed by atoms with Gasteiger partial charge in [0.05, 0.1) is 0 Å². The van der Waals surface area contributed by atoms with Crippen LogP contribution in [0.3, 0.4) is 0 Å². The van der Waals surface area contributed by atoms with Crippen LogP contribution in [0, 0.1) is 5.92 Å². The number of alkyl halides is 1. The Morgan fingerprint density at radius 1 is 1.45 bits per heavy atom. The maximum atomic E-state index is 3.44. The van der Waals surface area contributed by atoms with E-state index in [-0.39, 0.29) is 0 Å². The third-order valence-electron chi connectivity index (χ3n) is 1.87. The third-order valence-corrected chi connectivity index (χ3v) is 2.23. The molecule has 68 valence electrons. The molecule has 0 spiro atoms. The molecule has 0 aliphatic carbocycles. The minimum atomic E-state index is 0.851. The molecule has 0 aromatic carbocycles. The van der Waals surface area contributed by atoms with Gasteiger partial charge in [0.2, 0.25) is 0 Å². The van der Waals surface area contributed by atoms with Crippen LogP contribution in [0.1, 0.15) is 26.7 Å². The third kappa shape index (κ3) is 6.82. The molecule has 0 N–H and O–H groups in total. The van der Waals surface area contributed by atoms with E-state index < -0.39 is 0 Å². The summed E-state index contributed by atoms with van der Waals surface area (Å²) in [6.45, 7) is 6.97. The van der Waals surface area contributed by atoms with Gasteiger partial charge in [-0.3, -0.25) is 0 Å². The molecule has 0 saturated heterocycles. The van der Waals surface area contributed by atoms with Crippen molar-refractivity contribution < 1.29 is 0 Å². The molecule has 0 fully saturated rings. The summed E-state index contributed by atoms with van der Waals surface area (Å²) in [5, 5.41) is 1.09. The molecule has 0 aromatic rings. The highest BCUT2D eigenvalue weighted by atomic mass is 79.9. The normalized spacial score (nSPS) is 13.9. The van der Waals surface area contributed by atoms with Crippen molar-refractivity contribution in [3.05, 3.63) is 0 Å². The lowest BCUT2D eigenvalue weighted by Crippen LogP contribution is -2.26. The van der Waals surface area contributed by atoms with Crippen molar-refractivity contribution in [1.82, 2.24) is 4.90 Å². The summed E-state index contributed by atoms with van der Waals surface area (Å²) in [6.07, 6.45) is 2.66. The molecule has 1 atom stereocenters. The van der Waals surface area contributed by atoms with Crippen molar-refractivity contribution in [2.45, 2.75) is 26.7 Å². The lowest BCUT2D eigenvalue weighted by Gasteiger charge is -2.19. The van der Waals surface area contributed by atoms with Crippen LogP contribution >= 0.6 is 15.9 Å². The van der Waals surface area contributed by atoms with E-state index in [1.54, 1.807) is 0 Å². The SMILES string of the molecule is CCCC(C)CN(C)CCBr. The van der Waals surface area contributed by atoms with Gasteiger partial charge in [0.15, 0.2) is 0 Å². The highest BCUT2D eigenvalue weighted by molar-refractivity contribution is 9.09. The number of nitrogens with zero attached hydrogens (tertiary/aromatic N) is 1. The van der Waals surface area contributed by atoms with Gasteiger partial charge in [-0.25, -0.2) is 0 Å². The molecule has 0 rings (SSSR count). The standard InChI is InChI=1S/C9H20BrN/c1-4-5-9(2)8-11(3)7-6-10/h9H,4-8H2,1-3H3. The monoisotopic (exact) mass is 221 g/mol. The van der Waals surface area contributed by atoms with E-state index in [0.29, 0.717) is 0 Å². The Hall–Kier alpha value is 0.440. The first kappa shape index (κ1) is 11.4. The first-order valence-electron chi connectivity index (χ1n) is 4.45. The van der Waals surface area contributed by atoms with Gasteiger partial charge in [-0.05, 0) is 19.4 Å². The smallest absolute Gasteiger partial charge is 0.0159 e. The van der Waals surface area contributed by atoms with E-state index in [0.717, 1.165) is 17.8 Å². The molecular formula is C9H20BrN. The van der Waals surface area contributed by atoms with E-state index in [4.69, 9.17) is 0 Å². The van der Waals surface area contributed by atoms with Crippen molar-refractivity contribution in [2.75, 3.05) is 25.5 Å². The second kappa shape index (κ2) is 7.11. The van der Waals surface area contributed by atoms with Crippen molar-refractivity contribution in [3.8, 4) is 0 Å². The van der Waals surface area contributed by atoms with Gasteiger partial charge in [-0.2, -0.15) is 0 Å². The molecule has 0 radical (unpaired) electrons. The second-order valence-corrected chi connectivity index (χ2v) is 4.14. The van der Waals surface area contributed by atoms with E-state index >= 15 is 0 Å². The zero-order valence-corrected chi connectivity index (χ0v) is 9.52. The predicted molar refractivity (Wildman–Crippen MR) is 55.4 cm³/mol. The van der Waals surface area contributed by atoms with Gasteiger partial charge in [-0.1, -0.05) is 36.2 Å². The van der Waals surface area contributed by atoms with Crippen LogP contribution in [0.4, 0.5) is 0 Å². The number of hydrogen-bond acceptors (Lipinski definition) is 1. The molecule has 0 aliphatic rings. The molecule has 0 heterocycles. The zero-order chi connectivity index (χ0) is 8.69. The van der Waals surface area contributed by atoms with Gasteiger partial charge in [0, 0.05) is 18.4 Å². The van der Waals surface area contributed by atoms with Crippen LogP contribution in [-0.4, -0.2) is 30.4 Å². The van der Waals surface area contributed by atoms with Gasteiger partial charge in [-0.15, -0.1) is 0 Å².